The zero-order valence-electron chi connectivity index (χ0n) is 14.3. The molecule has 0 unspecified atom stereocenters. The van der Waals surface area contributed by atoms with Crippen LogP contribution < -0.4 is 15.5 Å². The van der Waals surface area contributed by atoms with Gasteiger partial charge in [-0.25, -0.2) is 9.59 Å². The van der Waals surface area contributed by atoms with Crippen LogP contribution in [0.25, 0.3) is 0 Å². The number of imide groups is 1. The Kier molecular flexibility index (Phi) is 7.03. The van der Waals surface area contributed by atoms with Crippen LogP contribution in [-0.4, -0.2) is 49.3 Å². The van der Waals surface area contributed by atoms with Crippen LogP contribution in [0.3, 0.4) is 0 Å². The molecule has 0 saturated heterocycles. The number of aromatic hydroxyl groups is 1. The Balaban J connectivity index is 2.81. The summed E-state index contributed by atoms with van der Waals surface area (Å²) in [5, 5.41) is 14.3. The summed E-state index contributed by atoms with van der Waals surface area (Å²) in [4.78, 5) is 36.8. The predicted molar refractivity (Wildman–Crippen MR) is 89.1 cm³/mol. The number of benzene rings is 1. The smallest absolute Gasteiger partial charge is 0.342 e. The molecule has 1 atom stereocenters. The molecule has 132 valence electrons. The molecule has 0 fully saturated rings. The summed E-state index contributed by atoms with van der Waals surface area (Å²) < 4.78 is 4.97. The van der Waals surface area contributed by atoms with Gasteiger partial charge in [0, 0.05) is 31.9 Å². The van der Waals surface area contributed by atoms with E-state index in [0.29, 0.717) is 0 Å². The van der Waals surface area contributed by atoms with Gasteiger partial charge in [-0.1, -0.05) is 0 Å². The number of phenolic OH excluding ortho intramolecular Hbond substituents is 1. The van der Waals surface area contributed by atoms with E-state index in [-0.39, 0.29) is 11.3 Å². The van der Waals surface area contributed by atoms with Crippen LogP contribution in [0.5, 0.6) is 5.75 Å². The van der Waals surface area contributed by atoms with Gasteiger partial charge in [-0.05, 0) is 32.9 Å². The van der Waals surface area contributed by atoms with Gasteiger partial charge in [-0.15, -0.1) is 0 Å². The summed E-state index contributed by atoms with van der Waals surface area (Å²) in [6, 6.07) is 3.90. The third-order valence-electron chi connectivity index (χ3n) is 3.45. The normalized spacial score (nSPS) is 11.3. The van der Waals surface area contributed by atoms with Gasteiger partial charge >= 0.3 is 12.0 Å². The molecular weight excluding hydrogens is 314 g/mol. The van der Waals surface area contributed by atoms with Crippen LogP contribution in [0.15, 0.2) is 18.2 Å². The van der Waals surface area contributed by atoms with Gasteiger partial charge in [-0.3, -0.25) is 10.1 Å². The Morgan fingerprint density at radius 1 is 1.25 bits per heavy atom. The predicted octanol–water partition coefficient (Wildman–Crippen LogP) is 1.24. The van der Waals surface area contributed by atoms with Gasteiger partial charge in [-0.2, -0.15) is 0 Å². The number of urea groups is 1. The zero-order chi connectivity index (χ0) is 18.3. The van der Waals surface area contributed by atoms with E-state index in [1.54, 1.807) is 6.07 Å². The van der Waals surface area contributed by atoms with E-state index in [1.165, 1.54) is 26.1 Å². The summed E-state index contributed by atoms with van der Waals surface area (Å²) in [7, 11) is 1.36. The average Bonchev–Trinajstić information content (AvgIpc) is 2.55. The van der Waals surface area contributed by atoms with Gasteiger partial charge in [0.25, 0.3) is 5.91 Å². The number of rotatable bonds is 6. The largest absolute Gasteiger partial charge is 0.507 e. The third kappa shape index (κ3) is 4.87. The van der Waals surface area contributed by atoms with Crippen molar-refractivity contribution in [3.63, 3.8) is 0 Å². The number of phenols is 1. The Hall–Kier alpha value is -2.77. The first kappa shape index (κ1) is 19.3. The van der Waals surface area contributed by atoms with Crippen molar-refractivity contribution in [1.82, 2.24) is 10.6 Å². The molecule has 0 aliphatic carbocycles. The van der Waals surface area contributed by atoms with Gasteiger partial charge < -0.3 is 20.1 Å². The van der Waals surface area contributed by atoms with E-state index in [4.69, 9.17) is 4.74 Å². The summed E-state index contributed by atoms with van der Waals surface area (Å²) in [5.74, 6) is -1.84. The monoisotopic (exact) mass is 337 g/mol. The second-order valence-electron chi connectivity index (χ2n) is 4.99. The van der Waals surface area contributed by atoms with Crippen molar-refractivity contribution in [1.29, 1.82) is 0 Å². The van der Waals surface area contributed by atoms with Crippen LogP contribution in [0.1, 0.15) is 31.1 Å². The van der Waals surface area contributed by atoms with Gasteiger partial charge in [0.15, 0.2) is 6.10 Å². The molecule has 1 aromatic carbocycles. The number of nitrogens with one attached hydrogen (secondary N) is 2. The lowest BCUT2D eigenvalue weighted by Gasteiger charge is -2.21. The van der Waals surface area contributed by atoms with Crippen molar-refractivity contribution in [3.8, 4) is 5.75 Å². The summed E-state index contributed by atoms with van der Waals surface area (Å²) in [6.07, 6.45) is -1.18. The maximum absolute atomic E-state index is 12.1. The molecule has 0 aliphatic rings. The Labute approximate surface area is 140 Å². The molecule has 0 radical (unpaired) electrons. The fourth-order valence-corrected chi connectivity index (χ4v) is 2.03. The molecule has 0 spiro atoms. The maximum atomic E-state index is 12.1. The second-order valence-corrected chi connectivity index (χ2v) is 4.99. The first-order valence-electron chi connectivity index (χ1n) is 7.65. The van der Waals surface area contributed by atoms with Crippen molar-refractivity contribution < 1.29 is 24.2 Å². The van der Waals surface area contributed by atoms with Crippen LogP contribution >= 0.6 is 0 Å². The van der Waals surface area contributed by atoms with Crippen LogP contribution in [0, 0.1) is 0 Å². The van der Waals surface area contributed by atoms with E-state index in [9.17, 15) is 19.5 Å². The molecule has 0 aliphatic heterocycles. The fourth-order valence-electron chi connectivity index (χ4n) is 2.03. The van der Waals surface area contributed by atoms with Crippen molar-refractivity contribution in [3.05, 3.63) is 23.8 Å². The highest BCUT2D eigenvalue weighted by Gasteiger charge is 2.22. The molecule has 8 nitrogen and oxygen atoms in total. The lowest BCUT2D eigenvalue weighted by molar-refractivity contribution is -0.127. The lowest BCUT2D eigenvalue weighted by atomic mass is 10.1. The Morgan fingerprint density at radius 2 is 1.88 bits per heavy atom. The van der Waals surface area contributed by atoms with E-state index >= 15 is 0 Å². The SMILES string of the molecule is CCN(CC)c1ccc(C(=O)O[C@@H](C)C(=O)NC(=O)NC)c(O)c1. The molecule has 0 bridgehead atoms. The van der Waals surface area contributed by atoms with Crippen LogP contribution in [-0.2, 0) is 9.53 Å². The van der Waals surface area contributed by atoms with E-state index in [2.05, 4.69) is 5.32 Å². The highest BCUT2D eigenvalue weighted by molar-refractivity contribution is 5.99. The second kappa shape index (κ2) is 8.76. The van der Waals surface area contributed by atoms with E-state index in [0.717, 1.165) is 18.8 Å². The van der Waals surface area contributed by atoms with Gasteiger partial charge in [0.05, 0.1) is 0 Å². The number of hydrogen-bond donors (Lipinski definition) is 3. The molecule has 1 aromatic rings. The molecular formula is C16H23N3O5. The summed E-state index contributed by atoms with van der Waals surface area (Å²) in [5.41, 5.74) is 0.727. The number of esters is 1. The third-order valence-corrected chi connectivity index (χ3v) is 3.45. The first-order chi connectivity index (χ1) is 11.3. The minimum absolute atomic E-state index is 0.0505. The number of carbonyl (C=O) groups is 3. The number of ether oxygens (including phenoxy) is 1. The Morgan fingerprint density at radius 3 is 2.38 bits per heavy atom. The molecule has 0 saturated carbocycles. The summed E-state index contributed by atoms with van der Waals surface area (Å²) in [6.45, 7) is 6.81. The molecule has 24 heavy (non-hydrogen) atoms. The maximum Gasteiger partial charge on any atom is 0.342 e. The highest BCUT2D eigenvalue weighted by Crippen LogP contribution is 2.25. The molecule has 3 amide bonds. The molecule has 8 heteroatoms. The molecule has 0 heterocycles. The zero-order valence-corrected chi connectivity index (χ0v) is 14.3. The van der Waals surface area contributed by atoms with Crippen LogP contribution in [0.4, 0.5) is 10.5 Å². The fraction of sp³-hybridized carbons (Fsp3) is 0.438. The Bertz CT molecular complexity index is 614. The number of nitrogens with zero attached hydrogens (tertiary/aromatic N) is 1. The van der Waals surface area contributed by atoms with Crippen molar-refractivity contribution in [2.75, 3.05) is 25.0 Å². The van der Waals surface area contributed by atoms with Crippen LogP contribution in [0.2, 0.25) is 0 Å². The minimum Gasteiger partial charge on any atom is -0.507 e. The van der Waals surface area contributed by atoms with Crippen molar-refractivity contribution in [2.45, 2.75) is 26.9 Å². The van der Waals surface area contributed by atoms with E-state index < -0.39 is 24.0 Å². The topological polar surface area (TPSA) is 108 Å². The van der Waals surface area contributed by atoms with Gasteiger partial charge in [0.2, 0.25) is 0 Å². The average molecular weight is 337 g/mol. The number of anilines is 1. The van der Waals surface area contributed by atoms with Crippen molar-refractivity contribution >= 4 is 23.6 Å². The lowest BCUT2D eigenvalue weighted by Crippen LogP contribution is -2.43. The first-order valence-corrected chi connectivity index (χ1v) is 7.65. The van der Waals surface area contributed by atoms with Crippen molar-refractivity contribution in [2.24, 2.45) is 0 Å². The van der Waals surface area contributed by atoms with E-state index in [1.807, 2.05) is 24.1 Å². The standard InChI is InChI=1S/C16H23N3O5/c1-5-19(6-2)11-7-8-12(13(20)9-11)15(22)24-10(3)14(21)18-16(23)17-4/h7-10,20H,5-6H2,1-4H3,(H2,17,18,21,23)/t10-/m0/s1. The molecule has 0 aromatic heterocycles. The molecule has 3 N–H and O–H groups in total. The summed E-state index contributed by atoms with van der Waals surface area (Å²) >= 11 is 0. The van der Waals surface area contributed by atoms with Gasteiger partial charge in [0.1, 0.15) is 11.3 Å². The number of hydrogen-bond acceptors (Lipinski definition) is 6. The quantitative estimate of drug-likeness (QED) is 0.674. The highest BCUT2D eigenvalue weighted by atomic mass is 16.5. The number of carbonyl (C=O) groups excluding carboxylic acids is 3. The molecule has 1 rings (SSSR count). The minimum atomic E-state index is -1.18. The number of amides is 3.